The van der Waals surface area contributed by atoms with E-state index in [2.05, 4.69) is 39.9 Å². The Hall–Kier alpha value is -6.30. The van der Waals surface area contributed by atoms with Crippen molar-refractivity contribution in [3.8, 4) is 0 Å². The zero-order valence-corrected chi connectivity index (χ0v) is 33.9. The van der Waals surface area contributed by atoms with E-state index in [4.69, 9.17) is 0 Å². The number of aromatic amines is 2. The average molecular weight is 847 g/mol. The first-order chi connectivity index (χ1) is 28.8. The number of piperazine rings is 2. The summed E-state index contributed by atoms with van der Waals surface area (Å²) in [5.74, 6) is -1.97. The van der Waals surface area contributed by atoms with Crippen molar-refractivity contribution in [2.45, 2.75) is 52.6 Å². The van der Waals surface area contributed by atoms with Crippen LogP contribution in [-0.4, -0.2) is 167 Å². The standard InChI is InChI=1S/C36H54N12O12/c1-3-59-35(57)41-29(51)25-23-47(33(55)39-27(25)49)21-15-43-11-17-45(18-12-43)31(53)37-9-7-5-6-8-10-38-32(54)46-19-13-44(14-20-46)16-22-48-24-26(28(50)40-34(48)56)30(52)42-36(58)60-4-2/h23-24H,3-22H2,1-2H3,(H,37,53)(H,38,54)(H,39,49,55)(H,40,50,56)(H,41,51,57)(H,42,52,58). The molecule has 4 heterocycles. The molecule has 6 N–H and O–H groups in total. The van der Waals surface area contributed by atoms with Crippen LogP contribution in [-0.2, 0) is 22.6 Å². The van der Waals surface area contributed by atoms with Crippen molar-refractivity contribution < 1.29 is 38.2 Å². The molecule has 0 saturated carbocycles. The fraction of sp³-hybridized carbons (Fsp3) is 0.611. The number of urea groups is 2. The highest BCUT2D eigenvalue weighted by Crippen LogP contribution is 2.06. The molecule has 2 aromatic heterocycles. The minimum absolute atomic E-state index is 0.0376. The number of ether oxygens (including phenoxy) is 2. The van der Waals surface area contributed by atoms with E-state index in [-0.39, 0.29) is 38.4 Å². The van der Waals surface area contributed by atoms with E-state index >= 15 is 0 Å². The van der Waals surface area contributed by atoms with Gasteiger partial charge in [0.25, 0.3) is 22.9 Å². The number of unbranched alkanes of at least 4 members (excludes halogenated alkanes) is 3. The van der Waals surface area contributed by atoms with Crippen LogP contribution in [0.25, 0.3) is 0 Å². The lowest BCUT2D eigenvalue weighted by Gasteiger charge is -2.34. The third-order valence-corrected chi connectivity index (χ3v) is 9.78. The molecule has 0 unspecified atom stereocenters. The van der Waals surface area contributed by atoms with Gasteiger partial charge in [0, 0.05) is 104 Å². The summed E-state index contributed by atoms with van der Waals surface area (Å²) in [5, 5.41) is 9.76. The number of nitrogens with one attached hydrogen (secondary N) is 6. The first-order valence-electron chi connectivity index (χ1n) is 19.9. The molecule has 8 amide bonds. The van der Waals surface area contributed by atoms with Gasteiger partial charge in [0.05, 0.1) is 13.2 Å². The van der Waals surface area contributed by atoms with Crippen LogP contribution in [0.3, 0.4) is 0 Å². The second kappa shape index (κ2) is 23.3. The summed E-state index contributed by atoms with van der Waals surface area (Å²) in [6, 6.07) is -0.320. The van der Waals surface area contributed by atoms with Crippen LogP contribution >= 0.6 is 0 Å². The minimum Gasteiger partial charge on any atom is -0.450 e. The van der Waals surface area contributed by atoms with E-state index in [9.17, 15) is 47.9 Å². The van der Waals surface area contributed by atoms with E-state index < -0.39 is 57.6 Å². The Bertz CT molecular complexity index is 1920. The van der Waals surface area contributed by atoms with Gasteiger partial charge in [0.15, 0.2) is 0 Å². The molecule has 0 aromatic carbocycles. The summed E-state index contributed by atoms with van der Waals surface area (Å²) < 4.78 is 11.7. The van der Waals surface area contributed by atoms with Gasteiger partial charge in [-0.05, 0) is 26.7 Å². The van der Waals surface area contributed by atoms with E-state index in [0.29, 0.717) is 78.5 Å². The molecule has 0 spiro atoms. The number of amides is 8. The molecule has 24 nitrogen and oxygen atoms in total. The van der Waals surface area contributed by atoms with Crippen molar-refractivity contribution in [1.82, 2.24) is 60.0 Å². The number of carbonyl (C=O) groups is 6. The maximum absolute atomic E-state index is 12.7. The number of imide groups is 2. The summed E-state index contributed by atoms with van der Waals surface area (Å²) in [4.78, 5) is 134. The Morgan fingerprint density at radius 3 is 1.27 bits per heavy atom. The summed E-state index contributed by atoms with van der Waals surface area (Å²) in [6.07, 6.45) is 3.51. The molecule has 2 aliphatic rings. The van der Waals surface area contributed by atoms with Gasteiger partial charge in [-0.15, -0.1) is 0 Å². The number of rotatable bonds is 17. The lowest BCUT2D eigenvalue weighted by molar-refractivity contribution is 0.0909. The summed E-state index contributed by atoms with van der Waals surface area (Å²) in [6.45, 7) is 9.61. The Labute approximate surface area is 343 Å². The van der Waals surface area contributed by atoms with Gasteiger partial charge in [-0.25, -0.2) is 28.8 Å². The van der Waals surface area contributed by atoms with E-state index in [1.165, 1.54) is 9.13 Å². The van der Waals surface area contributed by atoms with Crippen LogP contribution < -0.4 is 43.8 Å². The van der Waals surface area contributed by atoms with E-state index in [0.717, 1.165) is 38.1 Å². The summed E-state index contributed by atoms with van der Waals surface area (Å²) in [7, 11) is 0. The second-order valence-corrected chi connectivity index (χ2v) is 13.9. The van der Waals surface area contributed by atoms with Gasteiger partial charge in [-0.2, -0.15) is 0 Å². The highest BCUT2D eigenvalue weighted by Gasteiger charge is 2.23. The molecule has 2 aromatic rings. The predicted molar refractivity (Wildman–Crippen MR) is 213 cm³/mol. The number of hydrogen-bond acceptors (Lipinski definition) is 14. The zero-order valence-electron chi connectivity index (χ0n) is 33.9. The van der Waals surface area contributed by atoms with Gasteiger partial charge in [0.2, 0.25) is 0 Å². The number of nitrogens with zero attached hydrogens (tertiary/aromatic N) is 6. The maximum atomic E-state index is 12.7. The molecule has 4 rings (SSSR count). The van der Waals surface area contributed by atoms with Crippen molar-refractivity contribution >= 4 is 36.1 Å². The SMILES string of the molecule is CCOC(=O)NC(=O)c1cn(CCN2CCN(C(=O)NCCCCCCNC(=O)N3CCN(CCn4cc(C(=O)NC(=O)OCC)c(=O)[nH]c4=O)CC3)CC2)c(=O)[nH]c1=O. The van der Waals surface area contributed by atoms with Crippen molar-refractivity contribution in [2.24, 2.45) is 0 Å². The van der Waals surface area contributed by atoms with Crippen LogP contribution in [0.1, 0.15) is 60.2 Å². The number of hydrogen-bond donors (Lipinski definition) is 6. The third-order valence-electron chi connectivity index (χ3n) is 9.78. The van der Waals surface area contributed by atoms with Gasteiger partial charge in [-0.3, -0.25) is 58.7 Å². The first kappa shape index (κ1) is 46.4. The average Bonchev–Trinajstić information content (AvgIpc) is 3.21. The molecular weight excluding hydrogens is 792 g/mol. The molecule has 2 aliphatic heterocycles. The molecular formula is C36H54N12O12. The first-order valence-corrected chi connectivity index (χ1v) is 19.9. The Morgan fingerprint density at radius 1 is 0.550 bits per heavy atom. The fourth-order valence-corrected chi connectivity index (χ4v) is 6.39. The Morgan fingerprint density at radius 2 is 0.917 bits per heavy atom. The number of aromatic nitrogens is 4. The highest BCUT2D eigenvalue weighted by atomic mass is 16.6. The fourth-order valence-electron chi connectivity index (χ4n) is 6.39. The second-order valence-electron chi connectivity index (χ2n) is 13.9. The molecule has 0 aliphatic carbocycles. The minimum atomic E-state index is -1.00. The van der Waals surface area contributed by atoms with Crippen molar-refractivity contribution in [3.05, 3.63) is 65.2 Å². The molecule has 0 bridgehead atoms. The molecule has 2 fully saturated rings. The summed E-state index contributed by atoms with van der Waals surface area (Å²) >= 11 is 0. The lowest BCUT2D eigenvalue weighted by atomic mass is 10.2. The highest BCUT2D eigenvalue weighted by molar-refractivity contribution is 6.03. The largest absolute Gasteiger partial charge is 0.450 e. The van der Waals surface area contributed by atoms with Crippen LogP contribution in [0, 0.1) is 0 Å². The maximum Gasteiger partial charge on any atom is 0.414 e. The smallest absolute Gasteiger partial charge is 0.414 e. The molecule has 330 valence electrons. The topological polar surface area (TPSA) is 292 Å². The predicted octanol–water partition coefficient (Wildman–Crippen LogP) is -1.93. The monoisotopic (exact) mass is 846 g/mol. The summed E-state index contributed by atoms with van der Waals surface area (Å²) in [5.41, 5.74) is -4.02. The van der Waals surface area contributed by atoms with Crippen LogP contribution in [0.4, 0.5) is 19.2 Å². The number of carbonyl (C=O) groups excluding carboxylic acids is 6. The van der Waals surface area contributed by atoms with Crippen molar-refractivity contribution in [3.63, 3.8) is 0 Å². The van der Waals surface area contributed by atoms with Crippen LogP contribution in [0.2, 0.25) is 0 Å². The number of alkyl carbamates (subject to hydrolysis) is 2. The van der Waals surface area contributed by atoms with Gasteiger partial charge in [0.1, 0.15) is 11.1 Å². The lowest BCUT2D eigenvalue weighted by Crippen LogP contribution is -2.52. The zero-order chi connectivity index (χ0) is 43.6. The molecule has 0 atom stereocenters. The molecule has 24 heteroatoms. The molecule has 0 radical (unpaired) electrons. The normalized spacial score (nSPS) is 14.6. The van der Waals surface area contributed by atoms with E-state index in [1.54, 1.807) is 23.6 Å². The third kappa shape index (κ3) is 14.2. The van der Waals surface area contributed by atoms with Gasteiger partial charge >= 0.3 is 35.6 Å². The van der Waals surface area contributed by atoms with Crippen LogP contribution in [0.5, 0.6) is 0 Å². The van der Waals surface area contributed by atoms with Gasteiger partial charge < -0.3 is 29.9 Å². The molecule has 60 heavy (non-hydrogen) atoms. The molecule has 2 saturated heterocycles. The quantitative estimate of drug-likeness (QED) is 0.0947. The van der Waals surface area contributed by atoms with Crippen molar-refractivity contribution in [1.29, 1.82) is 0 Å². The Kier molecular flexibility index (Phi) is 18.0. The van der Waals surface area contributed by atoms with Crippen molar-refractivity contribution in [2.75, 3.05) is 91.8 Å². The van der Waals surface area contributed by atoms with Crippen LogP contribution in [0.15, 0.2) is 31.6 Å². The number of H-pyrrole nitrogens is 2. The van der Waals surface area contributed by atoms with E-state index in [1.807, 2.05) is 10.6 Å². The Balaban J connectivity index is 1.04. The van der Waals surface area contributed by atoms with Gasteiger partial charge in [-0.1, -0.05) is 12.8 Å².